The normalized spacial score (nSPS) is 11.4. The fourth-order valence-corrected chi connectivity index (χ4v) is 2.38. The average Bonchev–Trinajstić information content (AvgIpc) is 2.39. The van der Waals surface area contributed by atoms with Crippen molar-refractivity contribution >= 4 is 15.8 Å². The summed E-state index contributed by atoms with van der Waals surface area (Å²) in [5.41, 5.74) is 7.09. The van der Waals surface area contributed by atoms with Crippen molar-refractivity contribution in [1.82, 2.24) is 14.7 Å². The lowest BCUT2D eigenvalue weighted by Gasteiger charge is -2.06. The van der Waals surface area contributed by atoms with Gasteiger partial charge in [0.2, 0.25) is 10.0 Å². The van der Waals surface area contributed by atoms with Gasteiger partial charge in [0, 0.05) is 24.6 Å². The zero-order chi connectivity index (χ0) is 13.9. The maximum atomic E-state index is 12.0. The molecule has 0 bridgehead atoms. The summed E-state index contributed by atoms with van der Waals surface area (Å²) in [5, 5.41) is 0. The SMILES string of the molecule is Cc1ccc(CNS(=O)(=O)c2ccc(N)nc2)cn1. The van der Waals surface area contributed by atoms with Crippen molar-refractivity contribution in [3.05, 3.63) is 47.9 Å². The van der Waals surface area contributed by atoms with Crippen LogP contribution in [-0.2, 0) is 16.6 Å². The van der Waals surface area contributed by atoms with E-state index >= 15 is 0 Å². The summed E-state index contributed by atoms with van der Waals surface area (Å²) in [5.74, 6) is 0.279. The summed E-state index contributed by atoms with van der Waals surface area (Å²) >= 11 is 0. The molecule has 0 fully saturated rings. The highest BCUT2D eigenvalue weighted by atomic mass is 32.2. The van der Waals surface area contributed by atoms with E-state index in [0.717, 1.165) is 11.3 Å². The van der Waals surface area contributed by atoms with Gasteiger partial charge in [-0.15, -0.1) is 0 Å². The molecule has 0 atom stereocenters. The summed E-state index contributed by atoms with van der Waals surface area (Å²) in [6.07, 6.45) is 2.87. The zero-order valence-electron chi connectivity index (χ0n) is 10.4. The van der Waals surface area contributed by atoms with E-state index in [0.29, 0.717) is 0 Å². The van der Waals surface area contributed by atoms with Gasteiger partial charge in [-0.2, -0.15) is 0 Å². The monoisotopic (exact) mass is 278 g/mol. The van der Waals surface area contributed by atoms with Gasteiger partial charge in [-0.3, -0.25) is 4.98 Å². The van der Waals surface area contributed by atoms with Crippen LogP contribution in [0.25, 0.3) is 0 Å². The van der Waals surface area contributed by atoms with Gasteiger partial charge in [0.15, 0.2) is 0 Å². The number of nitrogens with two attached hydrogens (primary N) is 1. The van der Waals surface area contributed by atoms with Crippen molar-refractivity contribution in [2.24, 2.45) is 0 Å². The largest absolute Gasteiger partial charge is 0.384 e. The van der Waals surface area contributed by atoms with Crippen molar-refractivity contribution in [3.8, 4) is 0 Å². The van der Waals surface area contributed by atoms with Crippen molar-refractivity contribution in [1.29, 1.82) is 0 Å². The molecule has 2 aromatic heterocycles. The number of rotatable bonds is 4. The molecule has 0 unspecified atom stereocenters. The second-order valence-corrected chi connectivity index (χ2v) is 5.82. The molecule has 0 aliphatic rings. The fraction of sp³-hybridized carbons (Fsp3) is 0.167. The predicted octanol–water partition coefficient (Wildman–Crippen LogP) is 0.846. The minimum absolute atomic E-state index is 0.0850. The van der Waals surface area contributed by atoms with Crippen LogP contribution in [0.3, 0.4) is 0 Å². The third-order valence-electron chi connectivity index (χ3n) is 2.51. The lowest BCUT2D eigenvalue weighted by atomic mass is 10.2. The molecule has 0 saturated heterocycles. The molecule has 0 amide bonds. The summed E-state index contributed by atoms with van der Waals surface area (Å²) in [7, 11) is -3.58. The highest BCUT2D eigenvalue weighted by Gasteiger charge is 2.13. The number of hydrogen-bond acceptors (Lipinski definition) is 5. The van der Waals surface area contributed by atoms with E-state index in [1.54, 1.807) is 6.20 Å². The number of aryl methyl sites for hydroxylation is 1. The lowest BCUT2D eigenvalue weighted by molar-refractivity contribution is 0.581. The number of aromatic nitrogens is 2. The van der Waals surface area contributed by atoms with Crippen LogP contribution in [-0.4, -0.2) is 18.4 Å². The Kier molecular flexibility index (Phi) is 3.77. The molecule has 0 aliphatic carbocycles. The number of sulfonamides is 1. The maximum Gasteiger partial charge on any atom is 0.242 e. The van der Waals surface area contributed by atoms with Crippen LogP contribution in [0, 0.1) is 6.92 Å². The maximum absolute atomic E-state index is 12.0. The molecular weight excluding hydrogens is 264 g/mol. The van der Waals surface area contributed by atoms with Crippen LogP contribution in [0.1, 0.15) is 11.3 Å². The third kappa shape index (κ3) is 3.49. The van der Waals surface area contributed by atoms with Crippen molar-refractivity contribution < 1.29 is 8.42 Å². The van der Waals surface area contributed by atoms with E-state index in [9.17, 15) is 8.42 Å². The van der Waals surface area contributed by atoms with E-state index in [4.69, 9.17) is 5.73 Å². The number of nitrogens with zero attached hydrogens (tertiary/aromatic N) is 2. The number of pyridine rings is 2. The molecule has 19 heavy (non-hydrogen) atoms. The molecule has 0 aliphatic heterocycles. The summed E-state index contributed by atoms with van der Waals surface area (Å²) in [6.45, 7) is 2.05. The molecule has 0 radical (unpaired) electrons. The Morgan fingerprint density at radius 1 is 1.16 bits per heavy atom. The van der Waals surface area contributed by atoms with E-state index < -0.39 is 10.0 Å². The minimum atomic E-state index is -3.58. The molecule has 2 aromatic rings. The van der Waals surface area contributed by atoms with Gasteiger partial charge >= 0.3 is 0 Å². The smallest absolute Gasteiger partial charge is 0.242 e. The quantitative estimate of drug-likeness (QED) is 0.863. The van der Waals surface area contributed by atoms with Crippen LogP contribution in [0.15, 0.2) is 41.6 Å². The number of nitrogens with one attached hydrogen (secondary N) is 1. The topological polar surface area (TPSA) is 98.0 Å². The van der Waals surface area contributed by atoms with Crippen LogP contribution in [0.5, 0.6) is 0 Å². The van der Waals surface area contributed by atoms with Crippen LogP contribution >= 0.6 is 0 Å². The Hall–Kier alpha value is -1.99. The summed E-state index contributed by atoms with van der Waals surface area (Å²) < 4.78 is 26.4. The van der Waals surface area contributed by atoms with Gasteiger partial charge in [-0.25, -0.2) is 18.1 Å². The van der Waals surface area contributed by atoms with Gasteiger partial charge in [0.25, 0.3) is 0 Å². The number of anilines is 1. The van der Waals surface area contributed by atoms with Crippen LogP contribution in [0.4, 0.5) is 5.82 Å². The fourth-order valence-electron chi connectivity index (χ4n) is 1.42. The molecule has 2 heterocycles. The molecule has 2 rings (SSSR count). The Balaban J connectivity index is 2.09. The second kappa shape index (κ2) is 5.33. The van der Waals surface area contributed by atoms with Crippen LogP contribution < -0.4 is 10.5 Å². The zero-order valence-corrected chi connectivity index (χ0v) is 11.2. The lowest BCUT2D eigenvalue weighted by Crippen LogP contribution is -2.23. The number of hydrogen-bond donors (Lipinski definition) is 2. The van der Waals surface area contributed by atoms with Gasteiger partial charge in [-0.1, -0.05) is 6.07 Å². The Morgan fingerprint density at radius 3 is 2.53 bits per heavy atom. The van der Waals surface area contributed by atoms with Crippen molar-refractivity contribution in [2.45, 2.75) is 18.4 Å². The molecule has 0 aromatic carbocycles. The molecular formula is C12H14N4O2S. The molecule has 3 N–H and O–H groups in total. The highest BCUT2D eigenvalue weighted by molar-refractivity contribution is 7.89. The van der Waals surface area contributed by atoms with E-state index in [1.807, 2.05) is 19.1 Å². The molecule has 6 nitrogen and oxygen atoms in total. The van der Waals surface area contributed by atoms with Crippen molar-refractivity contribution in [3.63, 3.8) is 0 Å². The van der Waals surface area contributed by atoms with Gasteiger partial charge in [-0.05, 0) is 30.7 Å². The van der Waals surface area contributed by atoms with Crippen LogP contribution in [0.2, 0.25) is 0 Å². The summed E-state index contributed by atoms with van der Waals surface area (Å²) in [6, 6.07) is 6.51. The molecule has 0 spiro atoms. The third-order valence-corrected chi connectivity index (χ3v) is 3.89. The van der Waals surface area contributed by atoms with E-state index in [1.165, 1.54) is 18.3 Å². The Bertz CT molecular complexity index is 651. The van der Waals surface area contributed by atoms with E-state index in [-0.39, 0.29) is 17.3 Å². The van der Waals surface area contributed by atoms with E-state index in [2.05, 4.69) is 14.7 Å². The van der Waals surface area contributed by atoms with Crippen molar-refractivity contribution in [2.75, 3.05) is 5.73 Å². The summed E-state index contributed by atoms with van der Waals surface area (Å²) in [4.78, 5) is 7.94. The van der Waals surface area contributed by atoms with Gasteiger partial charge in [0.05, 0.1) is 0 Å². The Labute approximate surface area is 111 Å². The first kappa shape index (κ1) is 13.4. The van der Waals surface area contributed by atoms with Gasteiger partial charge in [0.1, 0.15) is 10.7 Å². The van der Waals surface area contributed by atoms with Gasteiger partial charge < -0.3 is 5.73 Å². The standard InChI is InChI=1S/C12H14N4O2S/c1-9-2-3-10(6-14-9)7-16-19(17,18)11-4-5-12(13)15-8-11/h2-6,8,16H,7H2,1H3,(H2,13,15). The average molecular weight is 278 g/mol. The second-order valence-electron chi connectivity index (χ2n) is 4.05. The highest BCUT2D eigenvalue weighted by Crippen LogP contribution is 2.09. The molecule has 0 saturated carbocycles. The number of nitrogen functional groups attached to an aromatic ring is 1. The predicted molar refractivity (Wildman–Crippen MR) is 71.6 cm³/mol. The first-order chi connectivity index (χ1) is 8.97. The minimum Gasteiger partial charge on any atom is -0.384 e. The Morgan fingerprint density at radius 2 is 1.95 bits per heavy atom. The first-order valence-electron chi connectivity index (χ1n) is 5.60. The molecule has 7 heteroatoms. The first-order valence-corrected chi connectivity index (χ1v) is 7.08. The molecule has 100 valence electrons.